The van der Waals surface area contributed by atoms with Crippen LogP contribution in [0.2, 0.25) is 0 Å². The summed E-state index contributed by atoms with van der Waals surface area (Å²) in [7, 11) is -3.53. The second-order valence-corrected chi connectivity index (χ2v) is 6.97. The highest BCUT2D eigenvalue weighted by molar-refractivity contribution is 7.89. The van der Waals surface area contributed by atoms with Crippen molar-refractivity contribution in [3.05, 3.63) is 18.3 Å². The van der Waals surface area contributed by atoms with Gasteiger partial charge in [0.2, 0.25) is 10.0 Å². The third-order valence-electron chi connectivity index (χ3n) is 3.64. The fourth-order valence-electron chi connectivity index (χ4n) is 2.54. The largest absolute Gasteiger partial charge is 0.308 e. The Morgan fingerprint density at radius 1 is 1.43 bits per heavy atom. The standard InChI is InChI=1S/C13H23N5O2S/c1-2-7-18-8-4-11(5-9-18)17-21(19,20)12-3-6-15-13(10-12)16-14/h3,6,10-11,17H,2,4-5,7-9,14H2,1H3,(H,15,16). The number of aromatic nitrogens is 1. The van der Waals surface area contributed by atoms with E-state index in [0.29, 0.717) is 5.82 Å². The van der Waals surface area contributed by atoms with Crippen LogP contribution in [0.1, 0.15) is 26.2 Å². The van der Waals surface area contributed by atoms with Crippen LogP contribution >= 0.6 is 0 Å². The van der Waals surface area contributed by atoms with E-state index in [0.717, 1.165) is 38.9 Å². The first-order valence-electron chi connectivity index (χ1n) is 7.22. The van der Waals surface area contributed by atoms with Crippen LogP contribution in [0.5, 0.6) is 0 Å². The van der Waals surface area contributed by atoms with Gasteiger partial charge in [-0.2, -0.15) is 0 Å². The van der Waals surface area contributed by atoms with Crippen LogP contribution in [-0.4, -0.2) is 44.0 Å². The first kappa shape index (κ1) is 16.2. The molecule has 2 rings (SSSR count). The summed E-state index contributed by atoms with van der Waals surface area (Å²) in [6.45, 7) is 5.11. The van der Waals surface area contributed by atoms with Crippen molar-refractivity contribution in [1.82, 2.24) is 14.6 Å². The van der Waals surface area contributed by atoms with Gasteiger partial charge in [-0.25, -0.2) is 24.0 Å². The van der Waals surface area contributed by atoms with Crippen LogP contribution in [0.25, 0.3) is 0 Å². The van der Waals surface area contributed by atoms with E-state index in [9.17, 15) is 8.42 Å². The van der Waals surface area contributed by atoms with Crippen LogP contribution in [0.3, 0.4) is 0 Å². The lowest BCUT2D eigenvalue weighted by atomic mass is 10.1. The summed E-state index contributed by atoms with van der Waals surface area (Å²) in [5, 5.41) is 0. The van der Waals surface area contributed by atoms with E-state index in [1.54, 1.807) is 0 Å². The van der Waals surface area contributed by atoms with Crippen molar-refractivity contribution >= 4 is 15.8 Å². The quantitative estimate of drug-likeness (QED) is 0.523. The fraction of sp³-hybridized carbons (Fsp3) is 0.615. The first-order valence-corrected chi connectivity index (χ1v) is 8.71. The molecule has 8 heteroatoms. The maximum Gasteiger partial charge on any atom is 0.241 e. The number of sulfonamides is 1. The molecule has 0 aromatic carbocycles. The number of hydrogen-bond donors (Lipinski definition) is 3. The molecular formula is C13H23N5O2S. The number of hydrazine groups is 1. The summed E-state index contributed by atoms with van der Waals surface area (Å²) in [4.78, 5) is 6.46. The normalized spacial score (nSPS) is 17.8. The van der Waals surface area contributed by atoms with Gasteiger partial charge < -0.3 is 10.3 Å². The number of likely N-dealkylation sites (tertiary alicyclic amines) is 1. The molecule has 4 N–H and O–H groups in total. The Morgan fingerprint density at radius 3 is 2.76 bits per heavy atom. The highest BCUT2D eigenvalue weighted by Crippen LogP contribution is 2.16. The third kappa shape index (κ3) is 4.37. The van der Waals surface area contributed by atoms with E-state index >= 15 is 0 Å². The maximum atomic E-state index is 12.4. The lowest BCUT2D eigenvalue weighted by Crippen LogP contribution is -2.44. The molecule has 0 bridgehead atoms. The van der Waals surface area contributed by atoms with Crippen molar-refractivity contribution in [2.45, 2.75) is 37.1 Å². The van der Waals surface area contributed by atoms with Gasteiger partial charge in [-0.15, -0.1) is 0 Å². The molecule has 0 spiro atoms. The number of nitrogens with zero attached hydrogens (tertiary/aromatic N) is 2. The molecule has 1 aliphatic heterocycles. The predicted molar refractivity (Wildman–Crippen MR) is 82.1 cm³/mol. The fourth-order valence-corrected chi connectivity index (χ4v) is 3.85. The van der Waals surface area contributed by atoms with Crippen molar-refractivity contribution in [2.75, 3.05) is 25.1 Å². The van der Waals surface area contributed by atoms with Crippen molar-refractivity contribution < 1.29 is 8.42 Å². The average molecular weight is 313 g/mol. The number of piperidine rings is 1. The van der Waals surface area contributed by atoms with Gasteiger partial charge in [0.25, 0.3) is 0 Å². The van der Waals surface area contributed by atoms with Gasteiger partial charge in [0.1, 0.15) is 5.82 Å². The Morgan fingerprint density at radius 2 is 2.14 bits per heavy atom. The molecule has 0 radical (unpaired) electrons. The van der Waals surface area contributed by atoms with E-state index in [2.05, 4.69) is 27.0 Å². The Bertz CT molecular complexity index is 555. The van der Waals surface area contributed by atoms with Gasteiger partial charge in [-0.3, -0.25) is 0 Å². The number of hydrogen-bond acceptors (Lipinski definition) is 6. The van der Waals surface area contributed by atoms with E-state index < -0.39 is 10.0 Å². The zero-order valence-electron chi connectivity index (χ0n) is 12.2. The molecule has 21 heavy (non-hydrogen) atoms. The monoisotopic (exact) mass is 313 g/mol. The van der Waals surface area contributed by atoms with Gasteiger partial charge in [0, 0.05) is 18.3 Å². The van der Waals surface area contributed by atoms with E-state index in [-0.39, 0.29) is 10.9 Å². The minimum atomic E-state index is -3.53. The Balaban J connectivity index is 1.98. The smallest absolute Gasteiger partial charge is 0.241 e. The highest BCUT2D eigenvalue weighted by Gasteiger charge is 2.24. The molecule has 2 heterocycles. The van der Waals surface area contributed by atoms with Crippen LogP contribution in [0.4, 0.5) is 5.82 Å². The number of nitrogen functional groups attached to an aromatic ring is 1. The molecule has 1 aliphatic rings. The summed E-state index contributed by atoms with van der Waals surface area (Å²) >= 11 is 0. The van der Waals surface area contributed by atoms with Crippen LogP contribution < -0.4 is 16.0 Å². The van der Waals surface area contributed by atoms with Crippen LogP contribution in [0.15, 0.2) is 23.2 Å². The number of pyridine rings is 1. The second-order valence-electron chi connectivity index (χ2n) is 5.26. The lowest BCUT2D eigenvalue weighted by molar-refractivity contribution is 0.208. The zero-order valence-corrected chi connectivity index (χ0v) is 13.1. The Hall–Kier alpha value is -1.22. The summed E-state index contributed by atoms with van der Waals surface area (Å²) < 4.78 is 27.5. The molecule has 1 fully saturated rings. The second kappa shape index (κ2) is 7.17. The summed E-state index contributed by atoms with van der Waals surface area (Å²) in [6.07, 6.45) is 4.23. The SMILES string of the molecule is CCCN1CCC(NS(=O)(=O)c2ccnc(NN)c2)CC1. The minimum Gasteiger partial charge on any atom is -0.308 e. The summed E-state index contributed by atoms with van der Waals surface area (Å²) in [5.41, 5.74) is 2.35. The molecule has 1 aromatic heterocycles. The molecule has 0 unspecified atom stereocenters. The molecule has 0 saturated carbocycles. The predicted octanol–water partition coefficient (Wildman–Crippen LogP) is 0.520. The topological polar surface area (TPSA) is 100 Å². The van der Waals surface area contributed by atoms with Crippen LogP contribution in [-0.2, 0) is 10.0 Å². The lowest BCUT2D eigenvalue weighted by Gasteiger charge is -2.31. The van der Waals surface area contributed by atoms with Crippen molar-refractivity contribution in [2.24, 2.45) is 5.84 Å². The Labute approximate surface area is 125 Å². The minimum absolute atomic E-state index is 0.00874. The van der Waals surface area contributed by atoms with E-state index in [1.807, 2.05) is 0 Å². The van der Waals surface area contributed by atoms with E-state index in [4.69, 9.17) is 5.84 Å². The van der Waals surface area contributed by atoms with Crippen LogP contribution in [0, 0.1) is 0 Å². The van der Waals surface area contributed by atoms with Crippen molar-refractivity contribution in [1.29, 1.82) is 0 Å². The highest BCUT2D eigenvalue weighted by atomic mass is 32.2. The molecule has 0 aliphatic carbocycles. The third-order valence-corrected chi connectivity index (χ3v) is 5.16. The number of nitrogens with one attached hydrogen (secondary N) is 2. The van der Waals surface area contributed by atoms with Gasteiger partial charge in [-0.1, -0.05) is 6.92 Å². The molecule has 0 atom stereocenters. The molecule has 0 amide bonds. The van der Waals surface area contributed by atoms with E-state index in [1.165, 1.54) is 18.3 Å². The number of anilines is 1. The number of nitrogens with two attached hydrogens (primary N) is 1. The maximum absolute atomic E-state index is 12.4. The molecule has 1 aromatic rings. The van der Waals surface area contributed by atoms with Gasteiger partial charge in [0.15, 0.2) is 0 Å². The summed E-state index contributed by atoms with van der Waals surface area (Å²) in [5.74, 6) is 5.59. The summed E-state index contributed by atoms with van der Waals surface area (Å²) in [6, 6.07) is 2.88. The van der Waals surface area contributed by atoms with Crippen molar-refractivity contribution in [3.63, 3.8) is 0 Å². The Kier molecular flexibility index (Phi) is 5.51. The van der Waals surface area contributed by atoms with Gasteiger partial charge in [-0.05, 0) is 45.0 Å². The van der Waals surface area contributed by atoms with Crippen molar-refractivity contribution in [3.8, 4) is 0 Å². The first-order chi connectivity index (χ1) is 10.0. The van der Waals surface area contributed by atoms with Gasteiger partial charge in [0.05, 0.1) is 4.90 Å². The zero-order chi connectivity index (χ0) is 15.3. The number of rotatable bonds is 6. The molecule has 1 saturated heterocycles. The molecule has 7 nitrogen and oxygen atoms in total. The molecule has 118 valence electrons. The van der Waals surface area contributed by atoms with Gasteiger partial charge >= 0.3 is 0 Å². The average Bonchev–Trinajstić information content (AvgIpc) is 2.49. The molecular weight excluding hydrogens is 290 g/mol.